The molecule has 0 aromatic heterocycles. The Labute approximate surface area is 105 Å². The molecule has 0 heterocycles. The molecule has 18 heavy (non-hydrogen) atoms. The highest BCUT2D eigenvalue weighted by Crippen LogP contribution is 2.10. The SMILES string of the molecule is CC(C)(CO)NC(=O)Cc1ccccc1C(=O)O. The summed E-state index contributed by atoms with van der Waals surface area (Å²) in [6, 6.07) is 6.37. The molecule has 0 radical (unpaired) electrons. The first-order valence-electron chi connectivity index (χ1n) is 5.59. The summed E-state index contributed by atoms with van der Waals surface area (Å²) in [6.07, 6.45) is -0.0219. The smallest absolute Gasteiger partial charge is 0.335 e. The maximum atomic E-state index is 11.7. The van der Waals surface area contributed by atoms with E-state index in [2.05, 4.69) is 5.32 Å². The van der Waals surface area contributed by atoms with Gasteiger partial charge in [-0.1, -0.05) is 18.2 Å². The molecule has 0 saturated heterocycles. The van der Waals surface area contributed by atoms with Gasteiger partial charge in [0.15, 0.2) is 0 Å². The predicted molar refractivity (Wildman–Crippen MR) is 66.4 cm³/mol. The summed E-state index contributed by atoms with van der Waals surface area (Å²) in [5.41, 5.74) is -0.138. The lowest BCUT2D eigenvalue weighted by atomic mass is 10.0. The number of benzene rings is 1. The summed E-state index contributed by atoms with van der Waals surface area (Å²) in [5, 5.41) is 20.7. The van der Waals surface area contributed by atoms with Gasteiger partial charge in [0.2, 0.25) is 5.91 Å². The Bertz CT molecular complexity index is 454. The number of aliphatic hydroxyl groups is 1. The number of carboxylic acid groups (broad SMARTS) is 1. The Kier molecular flexibility index (Phi) is 4.44. The summed E-state index contributed by atoms with van der Waals surface area (Å²) in [7, 11) is 0. The molecule has 0 aliphatic carbocycles. The normalized spacial score (nSPS) is 11.1. The third-order valence-electron chi connectivity index (χ3n) is 2.47. The van der Waals surface area contributed by atoms with E-state index < -0.39 is 11.5 Å². The Hall–Kier alpha value is -1.88. The summed E-state index contributed by atoms with van der Waals surface area (Å²) in [4.78, 5) is 22.7. The lowest BCUT2D eigenvalue weighted by Crippen LogP contribution is -2.46. The second kappa shape index (κ2) is 5.64. The van der Waals surface area contributed by atoms with Crippen LogP contribution in [0.4, 0.5) is 0 Å². The van der Waals surface area contributed by atoms with E-state index in [1.54, 1.807) is 32.0 Å². The van der Waals surface area contributed by atoms with Crippen LogP contribution in [0.5, 0.6) is 0 Å². The molecule has 5 heteroatoms. The Morgan fingerprint density at radius 3 is 2.44 bits per heavy atom. The lowest BCUT2D eigenvalue weighted by molar-refractivity contribution is -0.122. The van der Waals surface area contributed by atoms with Gasteiger partial charge in [0.25, 0.3) is 0 Å². The summed E-state index contributed by atoms with van der Waals surface area (Å²) in [5.74, 6) is -1.37. The molecular formula is C13H17NO4. The van der Waals surface area contributed by atoms with Crippen LogP contribution in [-0.2, 0) is 11.2 Å². The number of carbonyl (C=O) groups excluding carboxylic acids is 1. The van der Waals surface area contributed by atoms with Gasteiger partial charge in [0.1, 0.15) is 0 Å². The zero-order valence-electron chi connectivity index (χ0n) is 10.4. The van der Waals surface area contributed by atoms with Gasteiger partial charge < -0.3 is 15.5 Å². The number of nitrogens with one attached hydrogen (secondary N) is 1. The molecule has 0 bridgehead atoms. The summed E-state index contributed by atoms with van der Waals surface area (Å²) in [6.45, 7) is 3.20. The highest BCUT2D eigenvalue weighted by atomic mass is 16.4. The number of aliphatic hydroxyl groups excluding tert-OH is 1. The quantitative estimate of drug-likeness (QED) is 0.723. The van der Waals surface area contributed by atoms with E-state index in [9.17, 15) is 9.59 Å². The topological polar surface area (TPSA) is 86.6 Å². The second-order valence-corrected chi connectivity index (χ2v) is 4.73. The van der Waals surface area contributed by atoms with Crippen LogP contribution in [0.3, 0.4) is 0 Å². The monoisotopic (exact) mass is 251 g/mol. The molecule has 1 amide bonds. The first-order valence-corrected chi connectivity index (χ1v) is 5.59. The molecule has 0 aliphatic heterocycles. The van der Waals surface area contributed by atoms with Crippen LogP contribution >= 0.6 is 0 Å². The van der Waals surface area contributed by atoms with Crippen molar-refractivity contribution in [1.82, 2.24) is 5.32 Å². The first-order chi connectivity index (χ1) is 8.35. The maximum Gasteiger partial charge on any atom is 0.335 e. The van der Waals surface area contributed by atoms with Crippen LogP contribution in [0, 0.1) is 0 Å². The number of carboxylic acids is 1. The maximum absolute atomic E-state index is 11.7. The Morgan fingerprint density at radius 2 is 1.89 bits per heavy atom. The molecule has 0 atom stereocenters. The molecule has 0 unspecified atom stereocenters. The minimum absolute atomic E-state index is 0.0219. The molecule has 0 aliphatic rings. The van der Waals surface area contributed by atoms with Crippen molar-refractivity contribution >= 4 is 11.9 Å². The Morgan fingerprint density at radius 1 is 1.28 bits per heavy atom. The zero-order chi connectivity index (χ0) is 13.8. The predicted octanol–water partition coefficient (Wildman–Crippen LogP) is 0.814. The van der Waals surface area contributed by atoms with Crippen molar-refractivity contribution in [3.63, 3.8) is 0 Å². The standard InChI is InChI=1S/C13H17NO4/c1-13(2,8-15)14-11(16)7-9-5-3-4-6-10(9)12(17)18/h3-6,15H,7-8H2,1-2H3,(H,14,16)(H,17,18). The number of hydrogen-bond donors (Lipinski definition) is 3. The second-order valence-electron chi connectivity index (χ2n) is 4.73. The number of hydrogen-bond acceptors (Lipinski definition) is 3. The van der Waals surface area contributed by atoms with Gasteiger partial charge in [-0.2, -0.15) is 0 Å². The molecule has 1 aromatic carbocycles. The Balaban J connectivity index is 2.80. The first kappa shape index (κ1) is 14.2. The molecule has 98 valence electrons. The number of aromatic carboxylic acids is 1. The third kappa shape index (κ3) is 3.85. The van der Waals surface area contributed by atoms with Crippen molar-refractivity contribution in [3.05, 3.63) is 35.4 Å². The highest BCUT2D eigenvalue weighted by molar-refractivity contribution is 5.91. The zero-order valence-corrected chi connectivity index (χ0v) is 10.4. The minimum Gasteiger partial charge on any atom is -0.478 e. The van der Waals surface area contributed by atoms with Gasteiger partial charge in [0, 0.05) is 0 Å². The fraction of sp³-hybridized carbons (Fsp3) is 0.385. The fourth-order valence-electron chi connectivity index (χ4n) is 1.52. The average molecular weight is 251 g/mol. The minimum atomic E-state index is -1.06. The van der Waals surface area contributed by atoms with Gasteiger partial charge in [-0.05, 0) is 25.5 Å². The van der Waals surface area contributed by atoms with Gasteiger partial charge in [-0.25, -0.2) is 4.79 Å². The molecule has 0 saturated carbocycles. The van der Waals surface area contributed by atoms with Crippen molar-refractivity contribution in [1.29, 1.82) is 0 Å². The molecule has 0 spiro atoms. The number of carbonyl (C=O) groups is 2. The molecule has 0 fully saturated rings. The summed E-state index contributed by atoms with van der Waals surface area (Å²) < 4.78 is 0. The fourth-order valence-corrected chi connectivity index (χ4v) is 1.52. The molecule has 5 nitrogen and oxygen atoms in total. The van der Waals surface area contributed by atoms with E-state index in [0.717, 1.165) is 0 Å². The van der Waals surface area contributed by atoms with Crippen LogP contribution in [0.2, 0.25) is 0 Å². The van der Waals surface area contributed by atoms with Crippen molar-refractivity contribution in [2.45, 2.75) is 25.8 Å². The lowest BCUT2D eigenvalue weighted by Gasteiger charge is -2.23. The van der Waals surface area contributed by atoms with Crippen LogP contribution in [-0.4, -0.2) is 34.2 Å². The van der Waals surface area contributed by atoms with Crippen molar-refractivity contribution in [2.24, 2.45) is 0 Å². The summed E-state index contributed by atoms with van der Waals surface area (Å²) >= 11 is 0. The van der Waals surface area contributed by atoms with Crippen molar-refractivity contribution in [2.75, 3.05) is 6.61 Å². The highest BCUT2D eigenvalue weighted by Gasteiger charge is 2.20. The average Bonchev–Trinajstić information content (AvgIpc) is 2.28. The van der Waals surface area contributed by atoms with Crippen LogP contribution < -0.4 is 5.32 Å². The van der Waals surface area contributed by atoms with Crippen molar-refractivity contribution in [3.8, 4) is 0 Å². The van der Waals surface area contributed by atoms with Crippen LogP contribution in [0.25, 0.3) is 0 Å². The van der Waals surface area contributed by atoms with E-state index in [0.29, 0.717) is 5.56 Å². The van der Waals surface area contributed by atoms with Gasteiger partial charge in [-0.3, -0.25) is 4.79 Å². The molecular weight excluding hydrogens is 234 g/mol. The molecule has 3 N–H and O–H groups in total. The van der Waals surface area contributed by atoms with Crippen molar-refractivity contribution < 1.29 is 19.8 Å². The molecule has 1 rings (SSSR count). The van der Waals surface area contributed by atoms with Gasteiger partial charge in [-0.15, -0.1) is 0 Å². The van der Waals surface area contributed by atoms with E-state index in [1.165, 1.54) is 6.07 Å². The third-order valence-corrected chi connectivity index (χ3v) is 2.47. The van der Waals surface area contributed by atoms with E-state index in [-0.39, 0.29) is 24.5 Å². The van der Waals surface area contributed by atoms with E-state index in [4.69, 9.17) is 10.2 Å². The van der Waals surface area contributed by atoms with Crippen LogP contribution in [0.1, 0.15) is 29.8 Å². The van der Waals surface area contributed by atoms with Crippen LogP contribution in [0.15, 0.2) is 24.3 Å². The van der Waals surface area contributed by atoms with Gasteiger partial charge >= 0.3 is 5.97 Å². The van der Waals surface area contributed by atoms with E-state index >= 15 is 0 Å². The van der Waals surface area contributed by atoms with Gasteiger partial charge in [0.05, 0.1) is 24.1 Å². The van der Waals surface area contributed by atoms with E-state index in [1.807, 2.05) is 0 Å². The largest absolute Gasteiger partial charge is 0.478 e. The number of rotatable bonds is 5. The number of amides is 1. The molecule has 1 aromatic rings.